The standard InChI is InChI=1S/C17H15NO4S/c1-22-17(19)15-7-4-8-16-14(15)9-10-18(16)12-5-3-6-13(11-12)23(2,20)21/h3-11H,1-2H3. The fourth-order valence-electron chi connectivity index (χ4n) is 2.54. The summed E-state index contributed by atoms with van der Waals surface area (Å²) in [6.07, 6.45) is 2.98. The molecule has 1 heterocycles. The number of methoxy groups -OCH3 is 1. The molecule has 0 aliphatic carbocycles. The van der Waals surface area contributed by atoms with Crippen LogP contribution in [0.2, 0.25) is 0 Å². The van der Waals surface area contributed by atoms with Crippen molar-refractivity contribution in [3.05, 3.63) is 60.3 Å². The summed E-state index contributed by atoms with van der Waals surface area (Å²) in [4.78, 5) is 12.1. The number of ether oxygens (including phenoxy) is 1. The number of carbonyl (C=O) groups excluding carboxylic acids is 1. The third kappa shape index (κ3) is 2.73. The van der Waals surface area contributed by atoms with E-state index in [0.717, 1.165) is 10.9 Å². The first-order valence-electron chi connectivity index (χ1n) is 6.91. The van der Waals surface area contributed by atoms with Gasteiger partial charge in [-0.1, -0.05) is 12.1 Å². The molecule has 0 fully saturated rings. The zero-order valence-corrected chi connectivity index (χ0v) is 13.5. The first-order chi connectivity index (χ1) is 10.9. The summed E-state index contributed by atoms with van der Waals surface area (Å²) in [6.45, 7) is 0. The number of carbonyl (C=O) groups is 1. The second kappa shape index (κ2) is 5.55. The number of hydrogen-bond acceptors (Lipinski definition) is 4. The Bertz CT molecular complexity index is 1000. The van der Waals surface area contributed by atoms with Gasteiger partial charge in [-0.25, -0.2) is 13.2 Å². The molecule has 0 aliphatic heterocycles. The molecule has 5 nitrogen and oxygen atoms in total. The molecule has 3 rings (SSSR count). The van der Waals surface area contributed by atoms with Gasteiger partial charge in [0.15, 0.2) is 9.84 Å². The van der Waals surface area contributed by atoms with E-state index < -0.39 is 15.8 Å². The van der Waals surface area contributed by atoms with Gasteiger partial charge in [0.1, 0.15) is 0 Å². The van der Waals surface area contributed by atoms with Crippen LogP contribution < -0.4 is 0 Å². The predicted octanol–water partition coefficient (Wildman–Crippen LogP) is 2.82. The Labute approximate surface area is 134 Å². The molecule has 0 radical (unpaired) electrons. The van der Waals surface area contributed by atoms with Gasteiger partial charge >= 0.3 is 5.97 Å². The predicted molar refractivity (Wildman–Crippen MR) is 87.7 cm³/mol. The Morgan fingerprint density at radius 2 is 1.83 bits per heavy atom. The van der Waals surface area contributed by atoms with E-state index >= 15 is 0 Å². The van der Waals surface area contributed by atoms with Crippen LogP contribution in [-0.4, -0.2) is 32.3 Å². The SMILES string of the molecule is COC(=O)c1cccc2c1ccn2-c1cccc(S(C)(=O)=O)c1. The van der Waals surface area contributed by atoms with Gasteiger partial charge in [0, 0.05) is 23.5 Å². The smallest absolute Gasteiger partial charge is 0.338 e. The zero-order chi connectivity index (χ0) is 16.6. The maximum atomic E-state index is 11.8. The van der Waals surface area contributed by atoms with E-state index in [4.69, 9.17) is 4.74 Å². The third-order valence-electron chi connectivity index (χ3n) is 3.66. The first-order valence-corrected chi connectivity index (χ1v) is 8.80. The van der Waals surface area contributed by atoms with Crippen LogP contribution in [0, 0.1) is 0 Å². The minimum absolute atomic E-state index is 0.251. The molecular formula is C17H15NO4S. The zero-order valence-electron chi connectivity index (χ0n) is 12.7. The highest BCUT2D eigenvalue weighted by atomic mass is 32.2. The lowest BCUT2D eigenvalue weighted by Crippen LogP contribution is -2.02. The molecule has 0 aliphatic rings. The van der Waals surface area contributed by atoms with E-state index in [1.165, 1.54) is 13.4 Å². The molecule has 0 unspecified atom stereocenters. The van der Waals surface area contributed by atoms with Crippen molar-refractivity contribution in [3.8, 4) is 5.69 Å². The lowest BCUT2D eigenvalue weighted by atomic mass is 10.1. The van der Waals surface area contributed by atoms with Gasteiger partial charge in [-0.3, -0.25) is 0 Å². The average molecular weight is 329 g/mol. The van der Waals surface area contributed by atoms with E-state index in [2.05, 4.69) is 0 Å². The number of benzene rings is 2. The second-order valence-electron chi connectivity index (χ2n) is 5.19. The molecule has 23 heavy (non-hydrogen) atoms. The van der Waals surface area contributed by atoms with Gasteiger partial charge in [-0.2, -0.15) is 0 Å². The number of sulfone groups is 1. The molecule has 0 amide bonds. The molecule has 0 saturated carbocycles. The van der Waals surface area contributed by atoms with Crippen LogP contribution in [-0.2, 0) is 14.6 Å². The number of esters is 1. The van der Waals surface area contributed by atoms with Crippen molar-refractivity contribution >= 4 is 26.7 Å². The van der Waals surface area contributed by atoms with Gasteiger partial charge < -0.3 is 9.30 Å². The molecule has 3 aromatic rings. The van der Waals surface area contributed by atoms with Crippen LogP contribution in [0.15, 0.2) is 59.6 Å². The van der Waals surface area contributed by atoms with Crippen molar-refractivity contribution in [1.82, 2.24) is 4.57 Å². The van der Waals surface area contributed by atoms with Crippen molar-refractivity contribution in [3.63, 3.8) is 0 Å². The second-order valence-corrected chi connectivity index (χ2v) is 7.20. The summed E-state index contributed by atoms with van der Waals surface area (Å²) in [5.74, 6) is -0.404. The topological polar surface area (TPSA) is 65.4 Å². The first kappa shape index (κ1) is 15.3. The highest BCUT2D eigenvalue weighted by Gasteiger charge is 2.14. The minimum Gasteiger partial charge on any atom is -0.465 e. The van der Waals surface area contributed by atoms with E-state index in [9.17, 15) is 13.2 Å². The summed E-state index contributed by atoms with van der Waals surface area (Å²) in [7, 11) is -1.94. The molecule has 6 heteroatoms. The van der Waals surface area contributed by atoms with Crippen LogP contribution in [0.5, 0.6) is 0 Å². The van der Waals surface area contributed by atoms with Crippen LogP contribution >= 0.6 is 0 Å². The van der Waals surface area contributed by atoms with Crippen molar-refractivity contribution in [2.75, 3.05) is 13.4 Å². The Morgan fingerprint density at radius 3 is 2.52 bits per heavy atom. The number of rotatable bonds is 3. The number of hydrogen-bond donors (Lipinski definition) is 0. The van der Waals surface area contributed by atoms with Crippen molar-refractivity contribution < 1.29 is 17.9 Å². The van der Waals surface area contributed by atoms with Gasteiger partial charge in [0.25, 0.3) is 0 Å². The minimum atomic E-state index is -3.28. The molecule has 1 aromatic heterocycles. The van der Waals surface area contributed by atoms with Gasteiger partial charge in [-0.05, 0) is 36.4 Å². The van der Waals surface area contributed by atoms with Crippen molar-refractivity contribution in [2.45, 2.75) is 4.90 Å². The van der Waals surface area contributed by atoms with E-state index in [0.29, 0.717) is 11.3 Å². The highest BCUT2D eigenvalue weighted by molar-refractivity contribution is 7.90. The number of aromatic nitrogens is 1. The fraction of sp³-hybridized carbons (Fsp3) is 0.118. The van der Waals surface area contributed by atoms with Crippen LogP contribution in [0.25, 0.3) is 16.6 Å². The van der Waals surface area contributed by atoms with Gasteiger partial charge in [0.2, 0.25) is 0 Å². The summed E-state index contributed by atoms with van der Waals surface area (Å²) in [5, 5.41) is 0.754. The number of nitrogens with zero attached hydrogens (tertiary/aromatic N) is 1. The molecule has 118 valence electrons. The summed E-state index contributed by atoms with van der Waals surface area (Å²) < 4.78 is 30.1. The normalized spacial score (nSPS) is 11.6. The number of fused-ring (bicyclic) bond motifs is 1. The average Bonchev–Trinajstić information content (AvgIpc) is 2.97. The maximum Gasteiger partial charge on any atom is 0.338 e. The molecule has 0 saturated heterocycles. The van der Waals surface area contributed by atoms with E-state index in [1.54, 1.807) is 36.5 Å². The molecule has 2 aromatic carbocycles. The van der Waals surface area contributed by atoms with Crippen molar-refractivity contribution in [1.29, 1.82) is 0 Å². The molecular weight excluding hydrogens is 314 g/mol. The monoisotopic (exact) mass is 329 g/mol. The summed E-state index contributed by atoms with van der Waals surface area (Å²) in [6, 6.07) is 13.8. The van der Waals surface area contributed by atoms with Crippen LogP contribution in [0.1, 0.15) is 10.4 Å². The molecule has 0 atom stereocenters. The maximum absolute atomic E-state index is 11.8. The fourth-order valence-corrected chi connectivity index (χ4v) is 3.21. The Morgan fingerprint density at radius 1 is 1.09 bits per heavy atom. The van der Waals surface area contributed by atoms with E-state index in [1.807, 2.05) is 22.8 Å². The van der Waals surface area contributed by atoms with Crippen LogP contribution in [0.3, 0.4) is 0 Å². The van der Waals surface area contributed by atoms with Crippen molar-refractivity contribution in [2.24, 2.45) is 0 Å². The van der Waals surface area contributed by atoms with Gasteiger partial charge in [-0.15, -0.1) is 0 Å². The third-order valence-corrected chi connectivity index (χ3v) is 4.77. The lowest BCUT2D eigenvalue weighted by Gasteiger charge is -2.08. The van der Waals surface area contributed by atoms with E-state index in [-0.39, 0.29) is 4.90 Å². The summed E-state index contributed by atoms with van der Waals surface area (Å²) >= 11 is 0. The summed E-state index contributed by atoms with van der Waals surface area (Å²) in [5.41, 5.74) is 1.99. The quantitative estimate of drug-likeness (QED) is 0.693. The Balaban J connectivity index is 2.21. The molecule has 0 N–H and O–H groups in total. The largest absolute Gasteiger partial charge is 0.465 e. The molecule has 0 spiro atoms. The van der Waals surface area contributed by atoms with Gasteiger partial charge in [0.05, 0.1) is 23.1 Å². The Hall–Kier alpha value is -2.60. The van der Waals surface area contributed by atoms with Crippen LogP contribution in [0.4, 0.5) is 0 Å². The highest BCUT2D eigenvalue weighted by Crippen LogP contribution is 2.25. The Kier molecular flexibility index (Phi) is 3.69. The lowest BCUT2D eigenvalue weighted by molar-refractivity contribution is 0.0603. The molecule has 0 bridgehead atoms.